The molecule has 0 spiro atoms. The van der Waals surface area contributed by atoms with Crippen LogP contribution in [0.2, 0.25) is 5.02 Å². The van der Waals surface area contributed by atoms with Gasteiger partial charge in [-0.2, -0.15) is 21.6 Å². The Kier molecular flexibility index (Phi) is 6.04. The molecule has 0 bridgehead atoms. The van der Waals surface area contributed by atoms with Crippen LogP contribution in [0.3, 0.4) is 0 Å². The minimum Gasteiger partial charge on any atom is -0.378 e. The van der Waals surface area contributed by atoms with Gasteiger partial charge in [0.15, 0.2) is 5.75 Å². The van der Waals surface area contributed by atoms with E-state index in [2.05, 4.69) is 5.32 Å². The zero-order valence-electron chi connectivity index (χ0n) is 15.0. The summed E-state index contributed by atoms with van der Waals surface area (Å²) in [6, 6.07) is 14.9. The number of rotatable bonds is 5. The lowest BCUT2D eigenvalue weighted by atomic mass is 10.1. The van der Waals surface area contributed by atoms with E-state index in [1.54, 1.807) is 6.07 Å². The van der Waals surface area contributed by atoms with Crippen LogP contribution in [-0.2, 0) is 16.3 Å². The molecule has 5 nitrogen and oxygen atoms in total. The first-order chi connectivity index (χ1) is 14.1. The van der Waals surface area contributed by atoms with E-state index in [0.29, 0.717) is 0 Å². The van der Waals surface area contributed by atoms with Gasteiger partial charge in [-0.1, -0.05) is 35.9 Å². The molecule has 10 heteroatoms. The summed E-state index contributed by atoms with van der Waals surface area (Å²) in [7, 11) is -4.25. The Morgan fingerprint density at radius 3 is 2.30 bits per heavy atom. The molecule has 0 saturated heterocycles. The van der Waals surface area contributed by atoms with Crippen molar-refractivity contribution in [3.8, 4) is 5.75 Å². The maximum atomic E-state index is 12.9. The monoisotopic (exact) mass is 455 g/mol. The fraction of sp³-hybridized carbons (Fsp3) is 0.0500. The van der Waals surface area contributed by atoms with Crippen molar-refractivity contribution in [2.45, 2.75) is 11.1 Å². The van der Waals surface area contributed by atoms with Gasteiger partial charge in [-0.25, -0.2) is 0 Å². The first-order valence-electron chi connectivity index (χ1n) is 8.34. The van der Waals surface area contributed by atoms with Gasteiger partial charge in [0, 0.05) is 10.7 Å². The fourth-order valence-electron chi connectivity index (χ4n) is 2.48. The Labute approximate surface area is 175 Å². The van der Waals surface area contributed by atoms with Gasteiger partial charge in [0.25, 0.3) is 5.91 Å². The molecule has 1 N–H and O–H groups in total. The van der Waals surface area contributed by atoms with E-state index in [1.165, 1.54) is 42.5 Å². The lowest BCUT2D eigenvalue weighted by molar-refractivity contribution is -0.137. The van der Waals surface area contributed by atoms with Crippen LogP contribution in [0, 0.1) is 0 Å². The van der Waals surface area contributed by atoms with E-state index in [1.807, 2.05) is 0 Å². The number of nitrogens with one attached hydrogen (secondary N) is 1. The van der Waals surface area contributed by atoms with Crippen LogP contribution in [0.25, 0.3) is 0 Å². The molecule has 0 radical (unpaired) electrons. The second kappa shape index (κ2) is 8.37. The van der Waals surface area contributed by atoms with Crippen molar-refractivity contribution < 1.29 is 30.6 Å². The Bertz CT molecular complexity index is 1180. The van der Waals surface area contributed by atoms with Crippen molar-refractivity contribution in [3.05, 3.63) is 88.9 Å². The highest BCUT2D eigenvalue weighted by Crippen LogP contribution is 2.31. The quantitative estimate of drug-likeness (QED) is 0.524. The number of alkyl halides is 3. The van der Waals surface area contributed by atoms with Gasteiger partial charge in [0.05, 0.1) is 11.1 Å². The molecule has 0 fully saturated rings. The van der Waals surface area contributed by atoms with E-state index >= 15 is 0 Å². The van der Waals surface area contributed by atoms with E-state index in [0.717, 1.165) is 24.3 Å². The third-order valence-corrected chi connectivity index (χ3v) is 5.35. The van der Waals surface area contributed by atoms with Crippen molar-refractivity contribution in [1.82, 2.24) is 0 Å². The predicted molar refractivity (Wildman–Crippen MR) is 105 cm³/mol. The zero-order valence-corrected chi connectivity index (χ0v) is 16.6. The summed E-state index contributed by atoms with van der Waals surface area (Å²) in [4.78, 5) is 12.5. The second-order valence-electron chi connectivity index (χ2n) is 6.02. The van der Waals surface area contributed by atoms with E-state index in [-0.39, 0.29) is 26.9 Å². The molecule has 0 aliphatic heterocycles. The molecule has 0 atom stereocenters. The van der Waals surface area contributed by atoms with Gasteiger partial charge in [-0.05, 0) is 48.5 Å². The molecule has 0 saturated carbocycles. The molecule has 0 unspecified atom stereocenters. The average molecular weight is 456 g/mol. The number of benzene rings is 3. The van der Waals surface area contributed by atoms with Crippen molar-refractivity contribution in [2.75, 3.05) is 5.32 Å². The number of anilines is 1. The van der Waals surface area contributed by atoms with E-state index < -0.39 is 27.8 Å². The molecule has 0 aliphatic carbocycles. The van der Waals surface area contributed by atoms with Gasteiger partial charge < -0.3 is 9.50 Å². The predicted octanol–water partition coefficient (Wildman–Crippen LogP) is 5.38. The van der Waals surface area contributed by atoms with Crippen molar-refractivity contribution in [2.24, 2.45) is 0 Å². The SMILES string of the molecule is O=C(Nc1cccc(C(F)(F)F)c1)c1cc(Cl)ccc1OS(=O)(=O)c1ccccc1. The minimum absolute atomic E-state index is 0.105. The van der Waals surface area contributed by atoms with Crippen LogP contribution in [0.5, 0.6) is 5.75 Å². The number of carbonyl (C=O) groups is 1. The standard InChI is InChI=1S/C20H13ClF3NO4S/c21-14-9-10-18(29-30(27,28)16-7-2-1-3-8-16)17(12-14)19(26)25-15-6-4-5-13(11-15)20(22,23)24/h1-12H,(H,25,26). The van der Waals surface area contributed by atoms with Gasteiger partial charge >= 0.3 is 16.3 Å². The third-order valence-electron chi connectivity index (χ3n) is 3.87. The molecule has 3 aromatic rings. The molecule has 0 aliphatic rings. The van der Waals surface area contributed by atoms with Gasteiger partial charge in [-0.15, -0.1) is 0 Å². The molecule has 3 aromatic carbocycles. The van der Waals surface area contributed by atoms with Crippen molar-refractivity contribution >= 4 is 33.3 Å². The lowest BCUT2D eigenvalue weighted by Crippen LogP contribution is -2.17. The molecular formula is C20H13ClF3NO4S. The van der Waals surface area contributed by atoms with Crippen molar-refractivity contribution in [3.63, 3.8) is 0 Å². The number of hydrogen-bond donors (Lipinski definition) is 1. The van der Waals surface area contributed by atoms with Crippen LogP contribution in [0.4, 0.5) is 18.9 Å². The molecule has 3 rings (SSSR count). The van der Waals surface area contributed by atoms with Crippen LogP contribution in [0.1, 0.15) is 15.9 Å². The summed E-state index contributed by atoms with van der Waals surface area (Å²) in [5, 5.41) is 2.40. The summed E-state index contributed by atoms with van der Waals surface area (Å²) < 4.78 is 68.6. The van der Waals surface area contributed by atoms with Crippen LogP contribution < -0.4 is 9.50 Å². The van der Waals surface area contributed by atoms with E-state index in [4.69, 9.17) is 15.8 Å². The van der Waals surface area contributed by atoms with Gasteiger partial charge in [-0.3, -0.25) is 4.79 Å². The van der Waals surface area contributed by atoms with Crippen LogP contribution in [0.15, 0.2) is 77.7 Å². The summed E-state index contributed by atoms with van der Waals surface area (Å²) in [6.07, 6.45) is -4.59. The summed E-state index contributed by atoms with van der Waals surface area (Å²) in [5.74, 6) is -1.22. The van der Waals surface area contributed by atoms with Gasteiger partial charge in [0.1, 0.15) is 4.90 Å². The molecule has 30 heavy (non-hydrogen) atoms. The molecular weight excluding hydrogens is 443 g/mol. The highest BCUT2D eigenvalue weighted by molar-refractivity contribution is 7.87. The maximum Gasteiger partial charge on any atom is 0.416 e. The topological polar surface area (TPSA) is 72.5 Å². The third kappa shape index (κ3) is 5.11. The highest BCUT2D eigenvalue weighted by atomic mass is 35.5. The Hall–Kier alpha value is -3.04. The largest absolute Gasteiger partial charge is 0.416 e. The highest BCUT2D eigenvalue weighted by Gasteiger charge is 2.30. The number of hydrogen-bond acceptors (Lipinski definition) is 4. The van der Waals surface area contributed by atoms with E-state index in [9.17, 15) is 26.4 Å². The number of amides is 1. The van der Waals surface area contributed by atoms with Crippen LogP contribution >= 0.6 is 11.6 Å². The van der Waals surface area contributed by atoms with Crippen LogP contribution in [-0.4, -0.2) is 14.3 Å². The second-order valence-corrected chi connectivity index (χ2v) is 8.01. The average Bonchev–Trinajstić information content (AvgIpc) is 2.69. The Morgan fingerprint density at radius 1 is 0.933 bits per heavy atom. The summed E-state index contributed by atoms with van der Waals surface area (Å²) >= 11 is 5.90. The molecule has 0 aromatic heterocycles. The summed E-state index contributed by atoms with van der Waals surface area (Å²) in [6.45, 7) is 0. The number of halogens is 4. The summed E-state index contributed by atoms with van der Waals surface area (Å²) in [5.41, 5.74) is -1.35. The lowest BCUT2D eigenvalue weighted by Gasteiger charge is -2.13. The first-order valence-corrected chi connectivity index (χ1v) is 10.1. The normalized spacial score (nSPS) is 11.7. The van der Waals surface area contributed by atoms with Crippen molar-refractivity contribution in [1.29, 1.82) is 0 Å². The van der Waals surface area contributed by atoms with Gasteiger partial charge in [0.2, 0.25) is 0 Å². The smallest absolute Gasteiger partial charge is 0.378 e. The first kappa shape index (κ1) is 21.7. The minimum atomic E-state index is -4.59. The Balaban J connectivity index is 1.91. The maximum absolute atomic E-state index is 12.9. The number of carbonyl (C=O) groups excluding carboxylic acids is 1. The zero-order chi connectivity index (χ0) is 21.9. The Morgan fingerprint density at radius 2 is 1.63 bits per heavy atom. The molecule has 0 heterocycles. The molecule has 156 valence electrons. The molecule has 1 amide bonds. The fourth-order valence-corrected chi connectivity index (χ4v) is 3.62.